The van der Waals surface area contributed by atoms with Gasteiger partial charge in [-0.15, -0.1) is 11.3 Å². The molecule has 16 heavy (non-hydrogen) atoms. The first-order chi connectivity index (χ1) is 7.87. The van der Waals surface area contributed by atoms with Crippen LogP contribution in [0.5, 0.6) is 0 Å². The highest BCUT2D eigenvalue weighted by Gasteiger charge is 2.46. The van der Waals surface area contributed by atoms with Gasteiger partial charge in [-0.25, -0.2) is 0 Å². The van der Waals surface area contributed by atoms with Gasteiger partial charge < -0.3 is 5.32 Å². The van der Waals surface area contributed by atoms with Crippen LogP contribution in [0.4, 0.5) is 0 Å². The minimum Gasteiger partial charge on any atom is -0.306 e. The molecule has 1 aromatic rings. The van der Waals surface area contributed by atoms with Crippen LogP contribution >= 0.6 is 11.3 Å². The van der Waals surface area contributed by atoms with Crippen molar-refractivity contribution >= 4 is 11.3 Å². The number of hydrogen-bond acceptors (Lipinski definition) is 3. The maximum Gasteiger partial charge on any atom is 0.0586 e. The summed E-state index contributed by atoms with van der Waals surface area (Å²) in [6.45, 7) is 3.72. The molecule has 1 saturated heterocycles. The Hall–Kier alpha value is -0.380. The zero-order valence-electron chi connectivity index (χ0n) is 9.54. The van der Waals surface area contributed by atoms with Gasteiger partial charge in [0.05, 0.1) is 5.54 Å². The van der Waals surface area contributed by atoms with E-state index >= 15 is 0 Å². The highest BCUT2D eigenvalue weighted by molar-refractivity contribution is 7.10. The third kappa shape index (κ3) is 1.31. The summed E-state index contributed by atoms with van der Waals surface area (Å²) < 4.78 is 0. The van der Waals surface area contributed by atoms with E-state index in [-0.39, 0.29) is 0 Å². The molecule has 0 bridgehead atoms. The lowest BCUT2D eigenvalue weighted by atomic mass is 9.86. The molecule has 2 aliphatic heterocycles. The molecule has 1 saturated carbocycles. The van der Waals surface area contributed by atoms with Crippen LogP contribution < -0.4 is 5.32 Å². The summed E-state index contributed by atoms with van der Waals surface area (Å²) >= 11 is 1.95. The Labute approximate surface area is 101 Å². The zero-order valence-corrected chi connectivity index (χ0v) is 10.4. The Morgan fingerprint density at radius 3 is 3.25 bits per heavy atom. The number of thiophene rings is 1. The molecule has 1 unspecified atom stereocenters. The molecule has 0 radical (unpaired) electrons. The van der Waals surface area contributed by atoms with Crippen molar-refractivity contribution in [1.82, 2.24) is 10.2 Å². The van der Waals surface area contributed by atoms with Gasteiger partial charge in [0.1, 0.15) is 0 Å². The molecular weight excluding hydrogens is 216 g/mol. The molecule has 0 amide bonds. The number of fused-ring (bicyclic) bond motifs is 2. The summed E-state index contributed by atoms with van der Waals surface area (Å²) in [5.41, 5.74) is 1.93. The normalized spacial score (nSPS) is 34.5. The van der Waals surface area contributed by atoms with Crippen molar-refractivity contribution in [3.05, 3.63) is 21.9 Å². The van der Waals surface area contributed by atoms with E-state index in [1.165, 1.54) is 45.3 Å². The predicted octanol–water partition coefficient (Wildman–Crippen LogP) is 1.96. The largest absolute Gasteiger partial charge is 0.306 e. The van der Waals surface area contributed by atoms with E-state index in [2.05, 4.69) is 21.7 Å². The first kappa shape index (κ1) is 9.63. The topological polar surface area (TPSA) is 15.3 Å². The Bertz CT molecular complexity index is 410. The number of nitrogens with zero attached hydrogens (tertiary/aromatic N) is 1. The molecule has 1 aromatic heterocycles. The average molecular weight is 234 g/mol. The van der Waals surface area contributed by atoms with Crippen LogP contribution in [0.1, 0.15) is 29.7 Å². The molecule has 2 fully saturated rings. The fraction of sp³-hybridized carbons (Fsp3) is 0.692. The quantitative estimate of drug-likeness (QED) is 0.799. The minimum atomic E-state index is 0.316. The van der Waals surface area contributed by atoms with Crippen molar-refractivity contribution < 1.29 is 0 Å². The summed E-state index contributed by atoms with van der Waals surface area (Å²) in [6, 6.07) is 3.29. The smallest absolute Gasteiger partial charge is 0.0586 e. The fourth-order valence-electron chi connectivity index (χ4n) is 3.43. The SMILES string of the molecule is c1cc2c(s1)CCNC21CCN(C2CC2)C1. The van der Waals surface area contributed by atoms with E-state index in [0.29, 0.717) is 5.54 Å². The standard InChI is InChI=1S/C13H18N2S/c1-2-10(1)15-7-5-13(9-15)11-4-8-16-12(11)3-6-14-13/h4,8,10,14H,1-3,5-7,9H2. The van der Waals surface area contributed by atoms with Crippen LogP contribution in [0.15, 0.2) is 11.4 Å². The summed E-state index contributed by atoms with van der Waals surface area (Å²) in [6.07, 6.45) is 5.42. The molecule has 1 spiro atoms. The Kier molecular flexibility index (Phi) is 1.99. The van der Waals surface area contributed by atoms with Gasteiger partial charge in [-0.3, -0.25) is 4.90 Å². The molecule has 3 heterocycles. The van der Waals surface area contributed by atoms with E-state index < -0.39 is 0 Å². The molecule has 3 heteroatoms. The summed E-state index contributed by atoms with van der Waals surface area (Å²) in [5, 5.41) is 6.09. The Balaban J connectivity index is 1.68. The molecule has 1 aliphatic carbocycles. The lowest BCUT2D eigenvalue weighted by molar-refractivity contribution is 0.268. The number of likely N-dealkylation sites (tertiary alicyclic amines) is 1. The highest BCUT2D eigenvalue weighted by atomic mass is 32.1. The van der Waals surface area contributed by atoms with Crippen LogP contribution in [0, 0.1) is 0 Å². The first-order valence-corrected chi connectivity index (χ1v) is 7.31. The Morgan fingerprint density at radius 2 is 2.38 bits per heavy atom. The number of nitrogens with one attached hydrogen (secondary N) is 1. The van der Waals surface area contributed by atoms with Crippen LogP contribution in [-0.2, 0) is 12.0 Å². The maximum atomic E-state index is 3.81. The van der Waals surface area contributed by atoms with Crippen molar-refractivity contribution in [2.75, 3.05) is 19.6 Å². The highest BCUT2D eigenvalue weighted by Crippen LogP contribution is 2.42. The van der Waals surface area contributed by atoms with Crippen LogP contribution in [0.3, 0.4) is 0 Å². The second-order valence-corrected chi connectivity index (χ2v) is 6.47. The lowest BCUT2D eigenvalue weighted by Crippen LogP contribution is -2.48. The van der Waals surface area contributed by atoms with Crippen molar-refractivity contribution in [2.45, 2.75) is 37.3 Å². The fourth-order valence-corrected chi connectivity index (χ4v) is 4.40. The number of hydrogen-bond donors (Lipinski definition) is 1. The average Bonchev–Trinajstić information content (AvgIpc) is 2.88. The van der Waals surface area contributed by atoms with E-state index in [9.17, 15) is 0 Å². The monoisotopic (exact) mass is 234 g/mol. The molecule has 4 rings (SSSR count). The second kappa shape index (κ2) is 3.31. The third-order valence-corrected chi connectivity index (χ3v) is 5.42. The van der Waals surface area contributed by atoms with Gasteiger partial charge in [-0.2, -0.15) is 0 Å². The van der Waals surface area contributed by atoms with E-state index in [4.69, 9.17) is 0 Å². The molecule has 2 nitrogen and oxygen atoms in total. The summed E-state index contributed by atoms with van der Waals surface area (Å²) in [7, 11) is 0. The van der Waals surface area contributed by atoms with Gasteiger partial charge in [0.15, 0.2) is 0 Å². The zero-order chi connectivity index (χ0) is 10.6. The molecule has 86 valence electrons. The van der Waals surface area contributed by atoms with E-state index in [1.807, 2.05) is 11.3 Å². The van der Waals surface area contributed by atoms with E-state index in [1.54, 1.807) is 10.4 Å². The van der Waals surface area contributed by atoms with Gasteiger partial charge in [-0.1, -0.05) is 0 Å². The van der Waals surface area contributed by atoms with Gasteiger partial charge >= 0.3 is 0 Å². The lowest BCUT2D eigenvalue weighted by Gasteiger charge is -2.35. The third-order valence-electron chi connectivity index (χ3n) is 4.44. The van der Waals surface area contributed by atoms with E-state index in [0.717, 1.165) is 6.04 Å². The van der Waals surface area contributed by atoms with Gasteiger partial charge in [-0.05, 0) is 42.7 Å². The maximum absolute atomic E-state index is 3.81. The predicted molar refractivity (Wildman–Crippen MR) is 66.9 cm³/mol. The molecule has 1 N–H and O–H groups in total. The van der Waals surface area contributed by atoms with Crippen LogP contribution in [-0.4, -0.2) is 30.6 Å². The number of rotatable bonds is 1. The first-order valence-electron chi connectivity index (χ1n) is 6.43. The summed E-state index contributed by atoms with van der Waals surface area (Å²) in [5.74, 6) is 0. The van der Waals surface area contributed by atoms with Gasteiger partial charge in [0, 0.05) is 30.6 Å². The Morgan fingerprint density at radius 1 is 1.44 bits per heavy atom. The van der Waals surface area contributed by atoms with Gasteiger partial charge in [0.25, 0.3) is 0 Å². The minimum absolute atomic E-state index is 0.316. The molecule has 3 aliphatic rings. The molecular formula is C13H18N2S. The summed E-state index contributed by atoms with van der Waals surface area (Å²) in [4.78, 5) is 4.34. The van der Waals surface area contributed by atoms with Gasteiger partial charge in [0.2, 0.25) is 0 Å². The molecule has 1 atom stereocenters. The molecule has 0 aromatic carbocycles. The van der Waals surface area contributed by atoms with Crippen LogP contribution in [0.25, 0.3) is 0 Å². The second-order valence-electron chi connectivity index (χ2n) is 5.47. The van der Waals surface area contributed by atoms with Crippen molar-refractivity contribution in [1.29, 1.82) is 0 Å². The van der Waals surface area contributed by atoms with Crippen molar-refractivity contribution in [3.8, 4) is 0 Å². The van der Waals surface area contributed by atoms with Crippen LogP contribution in [0.2, 0.25) is 0 Å². The van der Waals surface area contributed by atoms with Crippen molar-refractivity contribution in [2.24, 2.45) is 0 Å². The van der Waals surface area contributed by atoms with Crippen molar-refractivity contribution in [3.63, 3.8) is 0 Å².